The fourth-order valence-corrected chi connectivity index (χ4v) is 2.18. The van der Waals surface area contributed by atoms with E-state index in [0.29, 0.717) is 0 Å². The van der Waals surface area contributed by atoms with Crippen molar-refractivity contribution in [3.8, 4) is 0 Å². The Morgan fingerprint density at radius 3 is 2.67 bits per heavy atom. The molecule has 0 saturated carbocycles. The van der Waals surface area contributed by atoms with E-state index < -0.39 is 11.9 Å². The summed E-state index contributed by atoms with van der Waals surface area (Å²) in [6.07, 6.45) is -0.0703. The summed E-state index contributed by atoms with van der Waals surface area (Å²) in [6.45, 7) is 1.74. The van der Waals surface area contributed by atoms with Crippen molar-refractivity contribution in [2.75, 3.05) is 25.0 Å². The topological polar surface area (TPSA) is 58.1 Å². The van der Waals surface area contributed by atoms with Gasteiger partial charge in [-0.05, 0) is 25.3 Å². The molecule has 1 saturated heterocycles. The average Bonchev–Trinajstić information content (AvgIpc) is 2.47. The maximum Gasteiger partial charge on any atom is 0.433 e. The van der Waals surface area contributed by atoms with E-state index in [-0.39, 0.29) is 24.8 Å². The zero-order valence-electron chi connectivity index (χ0n) is 11.5. The van der Waals surface area contributed by atoms with Crippen molar-refractivity contribution in [2.45, 2.75) is 31.9 Å². The smallest absolute Gasteiger partial charge is 0.354 e. The number of nitrogens with zero attached hydrogens (tertiary/aromatic N) is 3. The number of carbonyl (C=O) groups is 1. The molecule has 0 aliphatic carbocycles. The number of anilines is 1. The Hall–Kier alpha value is -1.86. The van der Waals surface area contributed by atoms with Crippen LogP contribution in [0.5, 0.6) is 0 Å². The highest BCUT2D eigenvalue weighted by atomic mass is 19.4. The number of hydrogen-bond acceptors (Lipinski definition) is 4. The van der Waals surface area contributed by atoms with Crippen molar-refractivity contribution in [3.63, 3.8) is 0 Å². The van der Waals surface area contributed by atoms with Crippen molar-refractivity contribution < 1.29 is 18.0 Å². The van der Waals surface area contributed by atoms with Crippen LogP contribution in [0.2, 0.25) is 0 Å². The molecule has 1 aromatic heterocycles. The summed E-state index contributed by atoms with van der Waals surface area (Å²) in [7, 11) is 0. The molecule has 5 nitrogen and oxygen atoms in total. The van der Waals surface area contributed by atoms with E-state index in [2.05, 4.69) is 15.3 Å². The van der Waals surface area contributed by atoms with Gasteiger partial charge >= 0.3 is 6.18 Å². The number of piperidine rings is 1. The highest BCUT2D eigenvalue weighted by molar-refractivity contribution is 5.76. The van der Waals surface area contributed by atoms with Crippen LogP contribution in [0.15, 0.2) is 12.3 Å². The van der Waals surface area contributed by atoms with Gasteiger partial charge in [-0.2, -0.15) is 13.2 Å². The highest BCUT2D eigenvalue weighted by Gasteiger charge is 2.32. The van der Waals surface area contributed by atoms with Crippen LogP contribution in [0.3, 0.4) is 0 Å². The van der Waals surface area contributed by atoms with E-state index in [0.717, 1.165) is 44.6 Å². The van der Waals surface area contributed by atoms with Gasteiger partial charge in [0.1, 0.15) is 5.69 Å². The summed E-state index contributed by atoms with van der Waals surface area (Å²) in [5, 5.41) is 2.66. The average molecular weight is 302 g/mol. The molecule has 21 heavy (non-hydrogen) atoms. The minimum absolute atomic E-state index is 0.00850. The quantitative estimate of drug-likeness (QED) is 0.927. The number of alkyl halides is 3. The minimum Gasteiger partial charge on any atom is -0.354 e. The highest BCUT2D eigenvalue weighted by Crippen LogP contribution is 2.27. The summed E-state index contributed by atoms with van der Waals surface area (Å²) < 4.78 is 37.4. The van der Waals surface area contributed by atoms with Crippen molar-refractivity contribution in [2.24, 2.45) is 0 Å². The molecule has 0 unspecified atom stereocenters. The molecule has 1 aliphatic heterocycles. The molecule has 0 radical (unpaired) electrons. The normalized spacial score (nSPS) is 15.9. The number of carbonyl (C=O) groups excluding carboxylic acids is 1. The van der Waals surface area contributed by atoms with Crippen molar-refractivity contribution in [1.82, 2.24) is 14.9 Å². The zero-order chi connectivity index (χ0) is 15.3. The number of amides is 1. The fourth-order valence-electron chi connectivity index (χ4n) is 2.18. The summed E-state index contributed by atoms with van der Waals surface area (Å²) in [5.41, 5.74) is -0.998. The Morgan fingerprint density at radius 1 is 1.29 bits per heavy atom. The second-order valence-electron chi connectivity index (χ2n) is 4.88. The van der Waals surface area contributed by atoms with Crippen LogP contribution in [0.1, 0.15) is 31.4 Å². The molecule has 1 aliphatic rings. The second kappa shape index (κ2) is 6.73. The van der Waals surface area contributed by atoms with Crippen LogP contribution >= 0.6 is 0 Å². The maximum atomic E-state index is 12.5. The molecule has 116 valence electrons. The van der Waals surface area contributed by atoms with Crippen LogP contribution in [-0.4, -0.2) is 40.4 Å². The molecule has 1 fully saturated rings. The zero-order valence-corrected chi connectivity index (χ0v) is 11.5. The van der Waals surface area contributed by atoms with E-state index >= 15 is 0 Å². The lowest BCUT2D eigenvalue weighted by Gasteiger charge is -2.26. The summed E-state index contributed by atoms with van der Waals surface area (Å²) in [6, 6.07) is 0.810. The Balaban J connectivity index is 1.82. The van der Waals surface area contributed by atoms with Gasteiger partial charge in [0.15, 0.2) is 0 Å². The van der Waals surface area contributed by atoms with E-state index in [4.69, 9.17) is 0 Å². The predicted molar refractivity (Wildman–Crippen MR) is 70.6 cm³/mol. The first-order valence-electron chi connectivity index (χ1n) is 6.89. The minimum atomic E-state index is -4.50. The molecule has 1 aromatic rings. The SMILES string of the molecule is O=C(CCNc1nccc(C(F)(F)F)n1)N1CCCCC1. The summed E-state index contributed by atoms with van der Waals surface area (Å²) >= 11 is 0. The van der Waals surface area contributed by atoms with E-state index in [1.54, 1.807) is 4.90 Å². The predicted octanol–water partition coefficient (Wildman–Crippen LogP) is 2.31. The monoisotopic (exact) mass is 302 g/mol. The molecule has 0 spiro atoms. The lowest BCUT2D eigenvalue weighted by Crippen LogP contribution is -2.36. The van der Waals surface area contributed by atoms with Gasteiger partial charge in [0.2, 0.25) is 11.9 Å². The van der Waals surface area contributed by atoms with Crippen molar-refractivity contribution in [1.29, 1.82) is 0 Å². The lowest BCUT2D eigenvalue weighted by atomic mass is 10.1. The summed E-state index contributed by atoms with van der Waals surface area (Å²) in [4.78, 5) is 20.8. The Morgan fingerprint density at radius 2 is 2.00 bits per heavy atom. The maximum absolute atomic E-state index is 12.5. The third-order valence-corrected chi connectivity index (χ3v) is 3.28. The standard InChI is InChI=1S/C13H17F3N4O/c14-13(15,16)10-4-6-17-12(19-10)18-7-5-11(21)20-8-2-1-3-9-20/h4,6H,1-3,5,7-9H2,(H,17,18,19). The number of aromatic nitrogens is 2. The van der Waals surface area contributed by atoms with Gasteiger partial charge < -0.3 is 10.2 Å². The number of halogens is 3. The van der Waals surface area contributed by atoms with E-state index in [1.807, 2.05) is 0 Å². The fraction of sp³-hybridized carbons (Fsp3) is 0.615. The molecule has 1 amide bonds. The molecule has 0 bridgehead atoms. The van der Waals surface area contributed by atoms with Gasteiger partial charge in [-0.1, -0.05) is 0 Å². The molecule has 1 N–H and O–H groups in total. The van der Waals surface area contributed by atoms with Crippen molar-refractivity contribution in [3.05, 3.63) is 18.0 Å². The van der Waals surface area contributed by atoms with Crippen LogP contribution in [0, 0.1) is 0 Å². The van der Waals surface area contributed by atoms with Gasteiger partial charge in [0.05, 0.1) is 0 Å². The largest absolute Gasteiger partial charge is 0.433 e. The molecule has 0 aromatic carbocycles. The first-order chi connectivity index (χ1) is 9.97. The molecule has 8 heteroatoms. The molecule has 2 rings (SSSR count). The second-order valence-corrected chi connectivity index (χ2v) is 4.88. The van der Waals surface area contributed by atoms with Crippen LogP contribution in [-0.2, 0) is 11.0 Å². The number of hydrogen-bond donors (Lipinski definition) is 1. The number of nitrogens with one attached hydrogen (secondary N) is 1. The van der Waals surface area contributed by atoms with Gasteiger partial charge in [-0.15, -0.1) is 0 Å². The molecular formula is C13H17F3N4O. The Bertz CT molecular complexity index is 487. The Labute approximate surface area is 120 Å². The number of likely N-dealkylation sites (tertiary alicyclic amines) is 1. The molecule has 2 heterocycles. The first-order valence-corrected chi connectivity index (χ1v) is 6.89. The Kier molecular flexibility index (Phi) is 4.98. The molecule has 0 atom stereocenters. The summed E-state index contributed by atoms with van der Waals surface area (Å²) in [5.74, 6) is -0.106. The van der Waals surface area contributed by atoms with Gasteiger partial charge in [-0.25, -0.2) is 9.97 Å². The molecular weight excluding hydrogens is 285 g/mol. The van der Waals surface area contributed by atoms with E-state index in [1.165, 1.54) is 0 Å². The third-order valence-electron chi connectivity index (χ3n) is 3.28. The van der Waals surface area contributed by atoms with Gasteiger partial charge in [-0.3, -0.25) is 4.79 Å². The van der Waals surface area contributed by atoms with E-state index in [9.17, 15) is 18.0 Å². The van der Waals surface area contributed by atoms with Crippen molar-refractivity contribution >= 4 is 11.9 Å². The van der Waals surface area contributed by atoms with Crippen LogP contribution in [0.4, 0.5) is 19.1 Å². The van der Waals surface area contributed by atoms with Gasteiger partial charge in [0.25, 0.3) is 0 Å². The lowest BCUT2D eigenvalue weighted by molar-refractivity contribution is -0.141. The first kappa shape index (κ1) is 15.5. The number of rotatable bonds is 4. The third kappa shape index (κ3) is 4.57. The van der Waals surface area contributed by atoms with Gasteiger partial charge in [0, 0.05) is 32.3 Å². The van der Waals surface area contributed by atoms with Crippen LogP contribution in [0.25, 0.3) is 0 Å². The van der Waals surface area contributed by atoms with Crippen LogP contribution < -0.4 is 5.32 Å².